The summed E-state index contributed by atoms with van der Waals surface area (Å²) >= 11 is 0. The first-order valence-electron chi connectivity index (χ1n) is 5.46. The maximum Gasteiger partial charge on any atom is 0.305 e. The molecule has 0 amide bonds. The fraction of sp³-hybridized carbons (Fsp3) is 0.545. The van der Waals surface area contributed by atoms with Crippen molar-refractivity contribution in [3.05, 3.63) is 22.2 Å². The molecule has 1 rings (SSSR count). The van der Waals surface area contributed by atoms with Gasteiger partial charge < -0.3 is 15.0 Å². The van der Waals surface area contributed by atoms with Crippen molar-refractivity contribution in [2.45, 2.75) is 33.2 Å². The van der Waals surface area contributed by atoms with Gasteiger partial charge in [0.2, 0.25) is 0 Å². The lowest BCUT2D eigenvalue weighted by atomic mass is 10.2. The van der Waals surface area contributed by atoms with Crippen molar-refractivity contribution in [1.82, 2.24) is 9.97 Å². The summed E-state index contributed by atoms with van der Waals surface area (Å²) in [6, 6.07) is 1.47. The Hall–Kier alpha value is -1.85. The Morgan fingerprint density at radius 3 is 2.71 bits per heavy atom. The average molecular weight is 239 g/mol. The lowest BCUT2D eigenvalue weighted by molar-refractivity contribution is -0.136. The van der Waals surface area contributed by atoms with Gasteiger partial charge in [-0.2, -0.15) is 0 Å². The largest absolute Gasteiger partial charge is 0.481 e. The summed E-state index contributed by atoms with van der Waals surface area (Å²) in [4.78, 5) is 30.5. The van der Waals surface area contributed by atoms with Crippen LogP contribution in [-0.2, 0) is 4.79 Å². The number of aromatic amines is 1. The van der Waals surface area contributed by atoms with Gasteiger partial charge in [0.25, 0.3) is 5.56 Å². The molecule has 1 aromatic heterocycles. The zero-order chi connectivity index (χ0) is 13.0. The number of rotatable bonds is 5. The van der Waals surface area contributed by atoms with E-state index in [4.69, 9.17) is 5.11 Å². The molecular weight excluding hydrogens is 222 g/mol. The number of carbonyl (C=O) groups is 1. The van der Waals surface area contributed by atoms with Crippen LogP contribution >= 0.6 is 0 Å². The molecule has 0 aromatic carbocycles. The lowest BCUT2D eigenvalue weighted by Gasteiger charge is -2.27. The SMILES string of the molecule is Cc1nc(N(CCC(=O)O)C(C)C)cc(=O)[nH]1. The summed E-state index contributed by atoms with van der Waals surface area (Å²) in [5.74, 6) is 0.174. The number of nitrogens with one attached hydrogen (secondary N) is 1. The van der Waals surface area contributed by atoms with E-state index in [1.165, 1.54) is 6.07 Å². The first-order valence-corrected chi connectivity index (χ1v) is 5.46. The third-order valence-electron chi connectivity index (χ3n) is 2.33. The maximum atomic E-state index is 11.3. The molecule has 0 saturated heterocycles. The normalized spacial score (nSPS) is 10.6. The van der Waals surface area contributed by atoms with Crippen LogP contribution in [-0.4, -0.2) is 33.6 Å². The van der Waals surface area contributed by atoms with Crippen molar-refractivity contribution in [2.75, 3.05) is 11.4 Å². The van der Waals surface area contributed by atoms with Crippen molar-refractivity contribution in [1.29, 1.82) is 0 Å². The number of carboxylic acid groups (broad SMARTS) is 1. The number of anilines is 1. The number of aromatic nitrogens is 2. The van der Waals surface area contributed by atoms with Gasteiger partial charge in [0, 0.05) is 18.7 Å². The van der Waals surface area contributed by atoms with Crippen LogP contribution in [0.4, 0.5) is 5.82 Å². The minimum Gasteiger partial charge on any atom is -0.481 e. The second-order valence-electron chi connectivity index (χ2n) is 4.12. The molecular formula is C11H17N3O3. The molecule has 94 valence electrons. The number of carboxylic acids is 1. The van der Waals surface area contributed by atoms with Gasteiger partial charge in [0.15, 0.2) is 0 Å². The molecule has 0 unspecified atom stereocenters. The highest BCUT2D eigenvalue weighted by Gasteiger charge is 2.14. The van der Waals surface area contributed by atoms with Crippen LogP contribution in [0.2, 0.25) is 0 Å². The van der Waals surface area contributed by atoms with Crippen LogP contribution in [0.5, 0.6) is 0 Å². The topological polar surface area (TPSA) is 86.3 Å². The van der Waals surface area contributed by atoms with Crippen molar-refractivity contribution in [3.63, 3.8) is 0 Å². The van der Waals surface area contributed by atoms with Crippen LogP contribution in [0.15, 0.2) is 10.9 Å². The highest BCUT2D eigenvalue weighted by Crippen LogP contribution is 2.12. The third-order valence-corrected chi connectivity index (χ3v) is 2.33. The second kappa shape index (κ2) is 5.47. The average Bonchev–Trinajstić information content (AvgIpc) is 2.14. The highest BCUT2D eigenvalue weighted by molar-refractivity contribution is 5.67. The molecule has 6 nitrogen and oxygen atoms in total. The summed E-state index contributed by atoms with van der Waals surface area (Å²) < 4.78 is 0. The number of aryl methyl sites for hydroxylation is 1. The minimum atomic E-state index is -0.864. The number of hydrogen-bond acceptors (Lipinski definition) is 4. The minimum absolute atomic E-state index is 0.0196. The Morgan fingerprint density at radius 2 is 2.24 bits per heavy atom. The quantitative estimate of drug-likeness (QED) is 0.792. The van der Waals surface area contributed by atoms with Crippen LogP contribution in [0.1, 0.15) is 26.1 Å². The molecule has 0 radical (unpaired) electrons. The van der Waals surface area contributed by atoms with E-state index in [9.17, 15) is 9.59 Å². The van der Waals surface area contributed by atoms with Crippen molar-refractivity contribution in [3.8, 4) is 0 Å². The molecule has 0 aliphatic rings. The van der Waals surface area contributed by atoms with Gasteiger partial charge in [-0.15, -0.1) is 0 Å². The Bertz CT molecular complexity index is 454. The van der Waals surface area contributed by atoms with Gasteiger partial charge in [-0.05, 0) is 20.8 Å². The van der Waals surface area contributed by atoms with Gasteiger partial charge in [-0.25, -0.2) is 4.98 Å². The number of H-pyrrole nitrogens is 1. The zero-order valence-corrected chi connectivity index (χ0v) is 10.2. The van der Waals surface area contributed by atoms with Crippen molar-refractivity contribution in [2.24, 2.45) is 0 Å². The van der Waals surface area contributed by atoms with E-state index in [-0.39, 0.29) is 18.0 Å². The van der Waals surface area contributed by atoms with Crippen LogP contribution in [0.25, 0.3) is 0 Å². The van der Waals surface area contributed by atoms with Crippen LogP contribution in [0.3, 0.4) is 0 Å². The highest BCUT2D eigenvalue weighted by atomic mass is 16.4. The lowest BCUT2D eigenvalue weighted by Crippen LogP contribution is -2.34. The first-order chi connectivity index (χ1) is 7.90. The molecule has 0 aliphatic heterocycles. The fourth-order valence-electron chi connectivity index (χ4n) is 1.56. The summed E-state index contributed by atoms with van der Waals surface area (Å²) in [5, 5.41) is 8.69. The first kappa shape index (κ1) is 13.2. The summed E-state index contributed by atoms with van der Waals surface area (Å²) in [6.45, 7) is 5.89. The van der Waals surface area contributed by atoms with Gasteiger partial charge in [-0.3, -0.25) is 9.59 Å². The van der Waals surface area contributed by atoms with Gasteiger partial charge in [-0.1, -0.05) is 0 Å². The van der Waals surface area contributed by atoms with E-state index >= 15 is 0 Å². The van der Waals surface area contributed by atoms with Gasteiger partial charge >= 0.3 is 5.97 Å². The Balaban J connectivity index is 2.96. The predicted octanol–water partition coefficient (Wildman–Crippen LogP) is 0.768. The van der Waals surface area contributed by atoms with Gasteiger partial charge in [0.05, 0.1) is 6.42 Å². The molecule has 0 bridgehead atoms. The van der Waals surface area contributed by atoms with E-state index in [0.717, 1.165) is 0 Å². The summed E-state index contributed by atoms with van der Waals surface area (Å²) in [5.41, 5.74) is -0.228. The molecule has 17 heavy (non-hydrogen) atoms. The van der Waals surface area contributed by atoms with E-state index < -0.39 is 5.97 Å². The molecule has 1 aromatic rings. The molecule has 0 aliphatic carbocycles. The fourth-order valence-corrected chi connectivity index (χ4v) is 1.56. The van der Waals surface area contributed by atoms with Crippen molar-refractivity contribution < 1.29 is 9.90 Å². The van der Waals surface area contributed by atoms with Crippen LogP contribution < -0.4 is 10.5 Å². The van der Waals surface area contributed by atoms with E-state index in [1.54, 1.807) is 11.8 Å². The predicted molar refractivity (Wildman–Crippen MR) is 64.3 cm³/mol. The molecule has 0 atom stereocenters. The van der Waals surface area contributed by atoms with Gasteiger partial charge in [0.1, 0.15) is 11.6 Å². The number of aliphatic carboxylic acids is 1. The zero-order valence-electron chi connectivity index (χ0n) is 10.2. The molecule has 0 fully saturated rings. The Kier molecular flexibility index (Phi) is 4.25. The molecule has 1 heterocycles. The summed E-state index contributed by atoms with van der Waals surface area (Å²) in [6.07, 6.45) is 0.0196. The smallest absolute Gasteiger partial charge is 0.305 e. The van der Waals surface area contributed by atoms with Crippen molar-refractivity contribution >= 4 is 11.8 Å². The number of hydrogen-bond donors (Lipinski definition) is 2. The molecule has 6 heteroatoms. The summed E-state index contributed by atoms with van der Waals surface area (Å²) in [7, 11) is 0. The van der Waals surface area contributed by atoms with E-state index in [0.29, 0.717) is 18.2 Å². The monoisotopic (exact) mass is 239 g/mol. The van der Waals surface area contributed by atoms with Crippen LogP contribution in [0, 0.1) is 6.92 Å². The third kappa shape index (κ3) is 3.90. The standard InChI is InChI=1S/C11H17N3O3/c1-7(2)14(5-4-11(16)17)9-6-10(15)13-8(3)12-9/h6-7H,4-5H2,1-3H3,(H,16,17)(H,12,13,15). The molecule has 2 N–H and O–H groups in total. The van der Waals surface area contributed by atoms with E-state index in [2.05, 4.69) is 9.97 Å². The van der Waals surface area contributed by atoms with E-state index in [1.807, 2.05) is 13.8 Å². The molecule has 0 saturated carbocycles. The Morgan fingerprint density at radius 1 is 1.59 bits per heavy atom. The Labute approximate surface area is 99.3 Å². The maximum absolute atomic E-state index is 11.3. The second-order valence-corrected chi connectivity index (χ2v) is 4.12. The molecule has 0 spiro atoms. The number of nitrogens with zero attached hydrogens (tertiary/aromatic N) is 2.